The summed E-state index contributed by atoms with van der Waals surface area (Å²) in [5.74, 6) is -0.701. The van der Waals surface area contributed by atoms with E-state index in [0.29, 0.717) is 18.3 Å². The second-order valence-electron chi connectivity index (χ2n) is 7.81. The highest BCUT2D eigenvalue weighted by atomic mass is 19.3. The van der Waals surface area contributed by atoms with E-state index in [4.69, 9.17) is 0 Å². The molecule has 124 valence electrons. The van der Waals surface area contributed by atoms with Gasteiger partial charge in [0.15, 0.2) is 0 Å². The molecule has 2 aliphatic rings. The van der Waals surface area contributed by atoms with Crippen LogP contribution in [0.3, 0.4) is 0 Å². The lowest BCUT2D eigenvalue weighted by atomic mass is 9.85. The molecule has 0 amide bonds. The molecule has 0 spiro atoms. The molecule has 0 aromatic rings. The van der Waals surface area contributed by atoms with Crippen LogP contribution in [0.2, 0.25) is 0 Å². The molecule has 0 aromatic carbocycles. The quantitative estimate of drug-likeness (QED) is 0.781. The monoisotopic (exact) mass is 302 g/mol. The lowest BCUT2D eigenvalue weighted by molar-refractivity contribution is -0.134. The van der Waals surface area contributed by atoms with Crippen LogP contribution in [0.1, 0.15) is 47.0 Å². The molecule has 2 heterocycles. The topological polar surface area (TPSA) is 6.48 Å². The Balaban J connectivity index is 1.90. The fourth-order valence-corrected chi connectivity index (χ4v) is 4.02. The summed E-state index contributed by atoms with van der Waals surface area (Å²) < 4.78 is 29.1. The molecule has 4 heteroatoms. The van der Waals surface area contributed by atoms with Gasteiger partial charge >= 0.3 is 0 Å². The Bertz CT molecular complexity index is 323. The van der Waals surface area contributed by atoms with Gasteiger partial charge in [0.05, 0.1) is 12.6 Å². The Morgan fingerprint density at radius 2 is 1.62 bits per heavy atom. The minimum absolute atomic E-state index is 0.0556. The number of piperidine rings is 2. The van der Waals surface area contributed by atoms with Crippen molar-refractivity contribution in [3.63, 3.8) is 0 Å². The number of rotatable bonds is 4. The van der Waals surface area contributed by atoms with Crippen molar-refractivity contribution in [2.45, 2.75) is 58.9 Å². The maximum Gasteiger partial charge on any atom is 0.275 e. The largest absolute Gasteiger partial charge is 0.297 e. The van der Waals surface area contributed by atoms with Gasteiger partial charge in [-0.3, -0.25) is 9.80 Å². The number of nitrogens with zero attached hydrogens (tertiary/aromatic N) is 2. The maximum absolute atomic E-state index is 14.5. The van der Waals surface area contributed by atoms with E-state index in [9.17, 15) is 8.78 Å². The van der Waals surface area contributed by atoms with Crippen LogP contribution in [-0.4, -0.2) is 54.5 Å². The molecule has 2 rings (SSSR count). The fraction of sp³-hybridized carbons (Fsp3) is 1.00. The molecule has 2 saturated heterocycles. The summed E-state index contributed by atoms with van der Waals surface area (Å²) in [6.45, 7) is 12.0. The third kappa shape index (κ3) is 4.38. The van der Waals surface area contributed by atoms with E-state index >= 15 is 0 Å². The summed E-state index contributed by atoms with van der Waals surface area (Å²) in [6, 6.07) is -0.533. The van der Waals surface area contributed by atoms with Crippen molar-refractivity contribution in [3.8, 4) is 0 Å². The maximum atomic E-state index is 14.5. The van der Waals surface area contributed by atoms with Crippen molar-refractivity contribution in [2.24, 2.45) is 17.8 Å². The van der Waals surface area contributed by atoms with Crippen molar-refractivity contribution in [1.82, 2.24) is 9.80 Å². The molecule has 2 nitrogen and oxygen atoms in total. The first-order valence-electron chi connectivity index (χ1n) is 8.64. The summed E-state index contributed by atoms with van der Waals surface area (Å²) >= 11 is 0. The van der Waals surface area contributed by atoms with Gasteiger partial charge in [0.2, 0.25) is 0 Å². The summed E-state index contributed by atoms with van der Waals surface area (Å²) in [6.07, 6.45) is 2.78. The second kappa shape index (κ2) is 6.91. The van der Waals surface area contributed by atoms with Gasteiger partial charge in [-0.1, -0.05) is 27.7 Å². The van der Waals surface area contributed by atoms with Crippen LogP contribution in [-0.2, 0) is 0 Å². The van der Waals surface area contributed by atoms with E-state index in [-0.39, 0.29) is 6.54 Å². The molecule has 2 fully saturated rings. The van der Waals surface area contributed by atoms with Crippen LogP contribution in [0.5, 0.6) is 0 Å². The predicted molar refractivity (Wildman–Crippen MR) is 83.8 cm³/mol. The zero-order valence-electron chi connectivity index (χ0n) is 14.1. The normalized spacial score (nSPS) is 29.4. The lowest BCUT2D eigenvalue weighted by Crippen LogP contribution is -2.60. The molecule has 21 heavy (non-hydrogen) atoms. The van der Waals surface area contributed by atoms with Crippen LogP contribution in [0, 0.1) is 17.8 Å². The average Bonchev–Trinajstić information content (AvgIpc) is 2.37. The molecular formula is C17H32F2N2. The van der Waals surface area contributed by atoms with E-state index in [0.717, 1.165) is 44.9 Å². The molecular weight excluding hydrogens is 270 g/mol. The van der Waals surface area contributed by atoms with Crippen LogP contribution >= 0.6 is 0 Å². The molecule has 0 aromatic heterocycles. The minimum Gasteiger partial charge on any atom is -0.297 e. The van der Waals surface area contributed by atoms with Gasteiger partial charge in [-0.05, 0) is 50.1 Å². The van der Waals surface area contributed by atoms with Crippen LogP contribution in [0.15, 0.2) is 0 Å². The van der Waals surface area contributed by atoms with E-state index in [1.165, 1.54) is 0 Å². The highest BCUT2D eigenvalue weighted by Gasteiger charge is 2.47. The first-order chi connectivity index (χ1) is 9.79. The molecule has 0 aliphatic carbocycles. The number of hydrogen-bond donors (Lipinski definition) is 0. The Morgan fingerprint density at radius 3 is 2.10 bits per heavy atom. The van der Waals surface area contributed by atoms with Crippen molar-refractivity contribution in [3.05, 3.63) is 0 Å². The molecule has 2 aliphatic heterocycles. The Hall–Kier alpha value is -0.220. The van der Waals surface area contributed by atoms with Crippen LogP contribution in [0.4, 0.5) is 8.78 Å². The van der Waals surface area contributed by atoms with Gasteiger partial charge in [0, 0.05) is 13.1 Å². The van der Waals surface area contributed by atoms with E-state index < -0.39 is 12.0 Å². The summed E-state index contributed by atoms with van der Waals surface area (Å²) in [7, 11) is 0. The van der Waals surface area contributed by atoms with Gasteiger partial charge < -0.3 is 0 Å². The summed E-state index contributed by atoms with van der Waals surface area (Å²) in [5, 5.41) is 0. The zero-order chi connectivity index (χ0) is 15.6. The SMILES string of the molecule is CC(C)CN1CCC(N2CCC(C(C)C)CC2)C(F)(F)C1. The van der Waals surface area contributed by atoms with Gasteiger partial charge in [-0.25, -0.2) is 8.78 Å². The smallest absolute Gasteiger partial charge is 0.275 e. The average molecular weight is 302 g/mol. The molecule has 1 atom stereocenters. The predicted octanol–water partition coefficient (Wildman–Crippen LogP) is 3.72. The Kier molecular flexibility index (Phi) is 5.64. The van der Waals surface area contributed by atoms with Crippen LogP contribution in [0.25, 0.3) is 0 Å². The first-order valence-corrected chi connectivity index (χ1v) is 8.64. The van der Waals surface area contributed by atoms with Gasteiger partial charge in [0.1, 0.15) is 0 Å². The van der Waals surface area contributed by atoms with E-state index in [1.807, 2.05) is 4.90 Å². The Morgan fingerprint density at radius 1 is 1.00 bits per heavy atom. The van der Waals surface area contributed by atoms with Crippen molar-refractivity contribution < 1.29 is 8.78 Å². The van der Waals surface area contributed by atoms with E-state index in [1.54, 1.807) is 0 Å². The molecule has 1 unspecified atom stereocenters. The standard InChI is InChI=1S/C17H32F2N2/c1-13(2)11-20-8-7-16(17(18,19)12-20)21-9-5-15(6-10-21)14(3)4/h13-16H,5-12H2,1-4H3. The van der Waals surface area contributed by atoms with Crippen LogP contribution < -0.4 is 0 Å². The highest BCUT2D eigenvalue weighted by Crippen LogP contribution is 2.35. The van der Waals surface area contributed by atoms with Gasteiger partial charge in [-0.15, -0.1) is 0 Å². The molecule has 0 bridgehead atoms. The lowest BCUT2D eigenvalue weighted by Gasteiger charge is -2.46. The number of likely N-dealkylation sites (tertiary alicyclic amines) is 2. The minimum atomic E-state index is -2.56. The van der Waals surface area contributed by atoms with Crippen molar-refractivity contribution in [2.75, 3.05) is 32.7 Å². The fourth-order valence-electron chi connectivity index (χ4n) is 4.02. The third-order valence-corrected chi connectivity index (χ3v) is 5.22. The first kappa shape index (κ1) is 17.1. The number of hydrogen-bond acceptors (Lipinski definition) is 2. The van der Waals surface area contributed by atoms with Crippen molar-refractivity contribution >= 4 is 0 Å². The highest BCUT2D eigenvalue weighted by molar-refractivity contribution is 4.94. The van der Waals surface area contributed by atoms with E-state index in [2.05, 4.69) is 32.6 Å². The second-order valence-corrected chi connectivity index (χ2v) is 7.81. The molecule has 0 N–H and O–H groups in total. The summed E-state index contributed by atoms with van der Waals surface area (Å²) in [5.41, 5.74) is 0. The van der Waals surface area contributed by atoms with Gasteiger partial charge in [-0.2, -0.15) is 0 Å². The summed E-state index contributed by atoms with van der Waals surface area (Å²) in [4.78, 5) is 4.02. The number of alkyl halides is 2. The van der Waals surface area contributed by atoms with Gasteiger partial charge in [0.25, 0.3) is 5.92 Å². The molecule has 0 radical (unpaired) electrons. The number of halogens is 2. The Labute approximate surface area is 128 Å². The van der Waals surface area contributed by atoms with Crippen molar-refractivity contribution in [1.29, 1.82) is 0 Å². The molecule has 0 saturated carbocycles. The third-order valence-electron chi connectivity index (χ3n) is 5.22. The zero-order valence-corrected chi connectivity index (χ0v) is 14.1.